The third kappa shape index (κ3) is 7.33. The first-order valence-corrected chi connectivity index (χ1v) is 16.1. The predicted octanol–water partition coefficient (Wildman–Crippen LogP) is -4.15. The summed E-state index contributed by atoms with van der Waals surface area (Å²) in [5.74, 6) is 0.351. The summed E-state index contributed by atoms with van der Waals surface area (Å²) >= 11 is 0. The molecule has 0 bridgehead atoms. The number of phosphoric ester groups is 1. The number of piperazine rings is 1. The quantitative estimate of drug-likeness (QED) is 0.101. The van der Waals surface area contributed by atoms with Crippen LogP contribution in [0.3, 0.4) is 0 Å². The minimum atomic E-state index is -4.84. The highest BCUT2D eigenvalue weighted by Crippen LogP contribution is 2.37. The lowest BCUT2D eigenvalue weighted by molar-refractivity contribution is -0.192. The number of carbonyl (C=O) groups excluding carboxylic acids is 1. The van der Waals surface area contributed by atoms with Crippen LogP contribution in [0.1, 0.15) is 19.4 Å². The van der Waals surface area contributed by atoms with Gasteiger partial charge in [0, 0.05) is 24.2 Å². The third-order valence-electron chi connectivity index (χ3n) is 8.64. The molecule has 45 heavy (non-hydrogen) atoms. The molecule has 3 fully saturated rings. The fourth-order valence-electron chi connectivity index (χ4n) is 6.37. The molecular formula is C26H41N6O12P. The standard InChI is InChI=1S/C26H41N6O12P/c1-11-18-12(2)31(10-32(18)19-23(28-11)29-26(27)30-24(19)38)14-5-3-13(4-6-14)7-15(33)20(35)16(34)8-42-25-22(37)21(36)17(44-25)9-43-45(39,40)41/h3-6,11-12,15-22,25-26,33-37H,7-10,27H2,1-2H3,(H,28,29)(H,30,38)(H2,39,40,41)/t11-,12+,15-,16-,17+,18+,19?,20-,21+,22+,25-,26?/m0/s1. The summed E-state index contributed by atoms with van der Waals surface area (Å²) in [4.78, 5) is 39.1. The van der Waals surface area contributed by atoms with Crippen molar-refractivity contribution in [2.75, 3.05) is 24.8 Å². The zero-order valence-electron chi connectivity index (χ0n) is 24.6. The maximum absolute atomic E-state index is 12.8. The van der Waals surface area contributed by atoms with Gasteiger partial charge in [0.25, 0.3) is 0 Å². The van der Waals surface area contributed by atoms with Gasteiger partial charge in [-0.3, -0.25) is 20.0 Å². The number of phosphoric acid groups is 1. The Bertz CT molecular complexity index is 1290. The summed E-state index contributed by atoms with van der Waals surface area (Å²) in [6.07, 6.45) is -11.4. The average molecular weight is 661 g/mol. The number of nitrogens with one attached hydrogen (secondary N) is 2. The monoisotopic (exact) mass is 660 g/mol. The topological polar surface area (TPSA) is 272 Å². The van der Waals surface area contributed by atoms with Crippen LogP contribution in [0.25, 0.3) is 0 Å². The number of amidine groups is 1. The number of rotatable bonds is 11. The number of nitrogens with zero attached hydrogens (tertiary/aromatic N) is 3. The van der Waals surface area contributed by atoms with Crippen molar-refractivity contribution in [3.63, 3.8) is 0 Å². The van der Waals surface area contributed by atoms with E-state index in [0.717, 1.165) is 5.69 Å². The second-order valence-electron chi connectivity index (χ2n) is 11.8. The maximum atomic E-state index is 12.8. The molecule has 0 aromatic heterocycles. The largest absolute Gasteiger partial charge is 0.469 e. The Morgan fingerprint density at radius 3 is 2.47 bits per heavy atom. The summed E-state index contributed by atoms with van der Waals surface area (Å²) < 4.78 is 25.6. The molecule has 5 rings (SSSR count). The smallest absolute Gasteiger partial charge is 0.390 e. The number of ether oxygens (including phenoxy) is 2. The van der Waals surface area contributed by atoms with Crippen molar-refractivity contribution in [3.8, 4) is 0 Å². The molecule has 19 heteroatoms. The van der Waals surface area contributed by atoms with Gasteiger partial charge in [-0.05, 0) is 31.5 Å². The number of aliphatic imine (C=N–C) groups is 1. The fraction of sp³-hybridized carbons (Fsp3) is 0.692. The zero-order valence-corrected chi connectivity index (χ0v) is 25.5. The van der Waals surface area contributed by atoms with Gasteiger partial charge >= 0.3 is 7.82 Å². The van der Waals surface area contributed by atoms with Crippen LogP contribution >= 0.6 is 7.82 Å². The zero-order chi connectivity index (χ0) is 32.8. The molecule has 0 saturated carbocycles. The van der Waals surface area contributed by atoms with E-state index in [4.69, 9.17) is 25.0 Å². The number of aliphatic hydroxyl groups excluding tert-OH is 5. The van der Waals surface area contributed by atoms with Crippen LogP contribution in [0.2, 0.25) is 0 Å². The van der Waals surface area contributed by atoms with Crippen molar-refractivity contribution in [3.05, 3.63) is 29.8 Å². The van der Waals surface area contributed by atoms with E-state index in [9.17, 15) is 34.9 Å². The molecule has 11 N–H and O–H groups in total. The molecule has 0 radical (unpaired) electrons. The van der Waals surface area contributed by atoms with E-state index in [-0.39, 0.29) is 30.5 Å². The van der Waals surface area contributed by atoms with E-state index in [1.54, 1.807) is 12.1 Å². The van der Waals surface area contributed by atoms with Crippen LogP contribution < -0.4 is 21.3 Å². The average Bonchev–Trinajstić information content (AvgIpc) is 3.45. The van der Waals surface area contributed by atoms with Gasteiger partial charge < -0.3 is 60.3 Å². The minimum absolute atomic E-state index is 0.00482. The normalized spacial score (nSPS) is 35.6. The molecule has 4 heterocycles. The molecule has 1 amide bonds. The van der Waals surface area contributed by atoms with E-state index in [1.807, 2.05) is 19.1 Å². The van der Waals surface area contributed by atoms with Crippen molar-refractivity contribution in [1.29, 1.82) is 0 Å². The van der Waals surface area contributed by atoms with Gasteiger partial charge in [0.1, 0.15) is 42.4 Å². The summed E-state index contributed by atoms with van der Waals surface area (Å²) in [7, 11) is -4.84. The molecule has 4 aliphatic heterocycles. The number of amides is 1. The molecule has 1 aromatic rings. The number of fused-ring (bicyclic) bond motifs is 3. The first kappa shape index (κ1) is 34.1. The van der Waals surface area contributed by atoms with E-state index in [1.165, 1.54) is 0 Å². The number of aliphatic hydroxyl groups is 5. The molecule has 12 atom stereocenters. The van der Waals surface area contributed by atoms with Gasteiger partial charge in [-0.15, -0.1) is 0 Å². The lowest BCUT2D eigenvalue weighted by Crippen LogP contribution is -2.71. The minimum Gasteiger partial charge on any atom is -0.390 e. The molecule has 0 spiro atoms. The van der Waals surface area contributed by atoms with Crippen LogP contribution in [-0.2, 0) is 29.8 Å². The summed E-state index contributed by atoms with van der Waals surface area (Å²) in [6.45, 7) is 3.29. The van der Waals surface area contributed by atoms with Crippen molar-refractivity contribution in [2.45, 2.75) is 93.6 Å². The predicted molar refractivity (Wildman–Crippen MR) is 155 cm³/mol. The van der Waals surface area contributed by atoms with Gasteiger partial charge in [-0.2, -0.15) is 0 Å². The van der Waals surface area contributed by atoms with E-state index >= 15 is 0 Å². The van der Waals surface area contributed by atoms with Crippen molar-refractivity contribution < 1.29 is 58.7 Å². The molecule has 1 aromatic carbocycles. The first-order chi connectivity index (χ1) is 21.1. The SMILES string of the molecule is C[C@@H]1NC2=NC(N)NC(=O)C2N2CN(c3ccc(C[C@H](O)[C@H](O)[C@@H](O)CO[C@H]4O[C@H](COP(=O)(O)O)[C@@H](O)[C@H]4O)cc3)[C@H](C)[C@@H]12. The Kier molecular flexibility index (Phi) is 10.2. The van der Waals surface area contributed by atoms with Crippen LogP contribution in [0.5, 0.6) is 0 Å². The number of benzene rings is 1. The van der Waals surface area contributed by atoms with Crippen molar-refractivity contribution in [2.24, 2.45) is 10.7 Å². The third-order valence-corrected chi connectivity index (χ3v) is 9.12. The highest BCUT2D eigenvalue weighted by Gasteiger charge is 2.52. The van der Waals surface area contributed by atoms with Crippen LogP contribution in [-0.4, -0.2) is 145 Å². The van der Waals surface area contributed by atoms with Crippen LogP contribution in [0.15, 0.2) is 29.3 Å². The first-order valence-electron chi connectivity index (χ1n) is 14.5. The lowest BCUT2D eigenvalue weighted by atomic mass is 9.95. The molecule has 18 nitrogen and oxygen atoms in total. The number of nitrogens with two attached hydrogens (primary N) is 1. The molecule has 4 aliphatic rings. The number of hydrogen-bond acceptors (Lipinski definition) is 15. The fourth-order valence-corrected chi connectivity index (χ4v) is 6.72. The number of hydrogen-bond donors (Lipinski definition) is 10. The molecule has 3 saturated heterocycles. The van der Waals surface area contributed by atoms with Crippen molar-refractivity contribution >= 4 is 25.3 Å². The molecule has 2 unspecified atom stereocenters. The second kappa shape index (κ2) is 13.4. The Hall–Kier alpha value is -2.29. The highest BCUT2D eigenvalue weighted by molar-refractivity contribution is 7.46. The van der Waals surface area contributed by atoms with Gasteiger partial charge in [0.05, 0.1) is 32.0 Å². The Morgan fingerprint density at radius 1 is 1.11 bits per heavy atom. The Balaban J connectivity index is 1.14. The number of anilines is 1. The van der Waals surface area contributed by atoms with Crippen LogP contribution in [0, 0.1) is 0 Å². The summed E-state index contributed by atoms with van der Waals surface area (Å²) in [5, 5.41) is 57.6. The summed E-state index contributed by atoms with van der Waals surface area (Å²) in [5.41, 5.74) is 7.40. The second-order valence-corrected chi connectivity index (χ2v) is 13.0. The van der Waals surface area contributed by atoms with Gasteiger partial charge in [0.2, 0.25) is 5.91 Å². The van der Waals surface area contributed by atoms with Crippen LogP contribution in [0.4, 0.5) is 5.69 Å². The summed E-state index contributed by atoms with van der Waals surface area (Å²) in [6, 6.07) is 6.86. The highest BCUT2D eigenvalue weighted by atomic mass is 31.2. The number of carbonyl (C=O) groups is 1. The molecule has 252 valence electrons. The lowest BCUT2D eigenvalue weighted by Gasteiger charge is -2.44. The van der Waals surface area contributed by atoms with Gasteiger partial charge in [-0.25, -0.2) is 9.56 Å². The van der Waals surface area contributed by atoms with Crippen molar-refractivity contribution in [1.82, 2.24) is 15.5 Å². The van der Waals surface area contributed by atoms with Gasteiger partial charge in [0.15, 0.2) is 12.6 Å². The van der Waals surface area contributed by atoms with E-state index < -0.39 is 76.3 Å². The maximum Gasteiger partial charge on any atom is 0.469 e. The molecule has 0 aliphatic carbocycles. The Labute approximate surface area is 258 Å². The van der Waals surface area contributed by atoms with Gasteiger partial charge in [-0.1, -0.05) is 12.1 Å². The Morgan fingerprint density at radius 2 is 1.80 bits per heavy atom. The van der Waals surface area contributed by atoms with E-state index in [2.05, 4.69) is 36.9 Å². The molecular weight excluding hydrogens is 619 g/mol. The van der Waals surface area contributed by atoms with E-state index in [0.29, 0.717) is 18.1 Å².